The van der Waals surface area contributed by atoms with Crippen molar-refractivity contribution in [3.8, 4) is 0 Å². The monoisotopic (exact) mass is 350 g/mol. The van der Waals surface area contributed by atoms with E-state index >= 15 is 0 Å². The van der Waals surface area contributed by atoms with Crippen molar-refractivity contribution in [2.24, 2.45) is 0 Å². The summed E-state index contributed by atoms with van der Waals surface area (Å²) in [4.78, 5) is 17.0. The summed E-state index contributed by atoms with van der Waals surface area (Å²) >= 11 is 1.88. The maximum atomic E-state index is 12.4. The number of aromatic nitrogens is 1. The van der Waals surface area contributed by atoms with E-state index in [4.69, 9.17) is 0 Å². The molecular formula is C21H22N2OS. The molecule has 0 saturated carbocycles. The molecule has 0 bridgehead atoms. The number of hydrogen-bond donors (Lipinski definition) is 2. The summed E-state index contributed by atoms with van der Waals surface area (Å²) in [6.07, 6.45) is 5.45. The summed E-state index contributed by atoms with van der Waals surface area (Å²) in [5.41, 5.74) is 3.73. The third-order valence-electron chi connectivity index (χ3n) is 4.82. The minimum Gasteiger partial charge on any atom is -0.361 e. The van der Waals surface area contributed by atoms with E-state index in [1.807, 2.05) is 17.8 Å². The molecule has 3 nitrogen and oxygen atoms in total. The number of carbonyl (C=O) groups excluding carboxylic acids is 1. The van der Waals surface area contributed by atoms with Crippen molar-refractivity contribution < 1.29 is 4.79 Å². The largest absolute Gasteiger partial charge is 0.361 e. The van der Waals surface area contributed by atoms with E-state index in [0.29, 0.717) is 6.42 Å². The molecule has 1 aliphatic rings. The second kappa shape index (κ2) is 7.36. The lowest BCUT2D eigenvalue weighted by Gasteiger charge is -2.25. The Morgan fingerprint density at radius 2 is 2.00 bits per heavy atom. The molecule has 2 heterocycles. The lowest BCUT2D eigenvalue weighted by atomic mass is 10.0. The topological polar surface area (TPSA) is 44.9 Å². The summed E-state index contributed by atoms with van der Waals surface area (Å²) in [5.74, 6) is 1.23. The van der Waals surface area contributed by atoms with Gasteiger partial charge in [0.25, 0.3) is 0 Å². The average Bonchev–Trinajstić information content (AvgIpc) is 3.05. The fourth-order valence-electron chi connectivity index (χ4n) is 3.54. The van der Waals surface area contributed by atoms with Gasteiger partial charge in [-0.15, -0.1) is 11.8 Å². The first-order valence-corrected chi connectivity index (χ1v) is 9.86. The van der Waals surface area contributed by atoms with Crippen molar-refractivity contribution >= 4 is 28.6 Å². The number of H-pyrrole nitrogens is 1. The summed E-state index contributed by atoms with van der Waals surface area (Å²) in [7, 11) is 0. The third-order valence-corrected chi connectivity index (χ3v) is 5.94. The fourth-order valence-corrected chi connectivity index (χ4v) is 4.66. The highest BCUT2D eigenvalue weighted by molar-refractivity contribution is 7.99. The van der Waals surface area contributed by atoms with Crippen LogP contribution in [0.4, 0.5) is 0 Å². The second-order valence-corrected chi connectivity index (χ2v) is 7.64. The van der Waals surface area contributed by atoms with Crippen LogP contribution in [0.25, 0.3) is 10.9 Å². The van der Waals surface area contributed by atoms with E-state index in [9.17, 15) is 4.79 Å². The van der Waals surface area contributed by atoms with Crippen molar-refractivity contribution in [3.63, 3.8) is 0 Å². The first-order chi connectivity index (χ1) is 12.3. The molecule has 1 amide bonds. The van der Waals surface area contributed by atoms with E-state index in [1.165, 1.54) is 26.9 Å². The Morgan fingerprint density at radius 1 is 1.16 bits per heavy atom. The molecule has 0 fully saturated rings. The molecule has 2 N–H and O–H groups in total. The van der Waals surface area contributed by atoms with Crippen LogP contribution in [0.2, 0.25) is 0 Å². The van der Waals surface area contributed by atoms with Crippen molar-refractivity contribution in [2.75, 3.05) is 5.75 Å². The van der Waals surface area contributed by atoms with E-state index < -0.39 is 0 Å². The van der Waals surface area contributed by atoms with Gasteiger partial charge >= 0.3 is 0 Å². The highest BCUT2D eigenvalue weighted by Crippen LogP contribution is 2.35. The maximum absolute atomic E-state index is 12.4. The predicted octanol–water partition coefficient (Wildman–Crippen LogP) is 4.84. The quantitative estimate of drug-likeness (QED) is 0.691. The van der Waals surface area contributed by atoms with Crippen LogP contribution in [0, 0.1) is 0 Å². The average molecular weight is 350 g/mol. The molecule has 1 atom stereocenters. The Morgan fingerprint density at radius 3 is 2.96 bits per heavy atom. The molecule has 128 valence electrons. The van der Waals surface area contributed by atoms with Gasteiger partial charge < -0.3 is 10.3 Å². The summed E-state index contributed by atoms with van der Waals surface area (Å²) < 4.78 is 0. The number of thioether (sulfide) groups is 1. The minimum atomic E-state index is 0.159. The Kier molecular flexibility index (Phi) is 4.79. The Balaban J connectivity index is 1.33. The van der Waals surface area contributed by atoms with Crippen LogP contribution in [0.5, 0.6) is 0 Å². The molecule has 1 aromatic heterocycles. The number of benzene rings is 2. The lowest BCUT2D eigenvalue weighted by molar-refractivity contribution is -0.122. The fraction of sp³-hybridized carbons (Fsp3) is 0.286. The van der Waals surface area contributed by atoms with Gasteiger partial charge in [-0.1, -0.05) is 36.4 Å². The molecule has 0 aliphatic carbocycles. The van der Waals surface area contributed by atoms with Crippen molar-refractivity contribution in [2.45, 2.75) is 36.6 Å². The Hall–Kier alpha value is -2.20. The van der Waals surface area contributed by atoms with Gasteiger partial charge in [-0.3, -0.25) is 4.79 Å². The number of nitrogens with one attached hydrogen (secondary N) is 2. The molecule has 1 aliphatic heterocycles. The molecule has 0 spiro atoms. The predicted molar refractivity (Wildman–Crippen MR) is 104 cm³/mol. The van der Waals surface area contributed by atoms with Crippen LogP contribution in [0.1, 0.15) is 36.4 Å². The van der Waals surface area contributed by atoms with Gasteiger partial charge in [-0.2, -0.15) is 0 Å². The molecular weight excluding hydrogens is 328 g/mol. The van der Waals surface area contributed by atoms with Crippen LogP contribution in [-0.4, -0.2) is 16.6 Å². The molecule has 0 unspecified atom stereocenters. The van der Waals surface area contributed by atoms with Gasteiger partial charge in [0, 0.05) is 34.2 Å². The van der Waals surface area contributed by atoms with Crippen LogP contribution in [0.3, 0.4) is 0 Å². The Labute approximate surface area is 152 Å². The second-order valence-electron chi connectivity index (χ2n) is 6.51. The van der Waals surface area contributed by atoms with E-state index in [1.54, 1.807) is 0 Å². The summed E-state index contributed by atoms with van der Waals surface area (Å²) in [5, 5.41) is 4.50. The summed E-state index contributed by atoms with van der Waals surface area (Å²) in [6, 6.07) is 16.9. The smallest absolute Gasteiger partial charge is 0.220 e. The van der Waals surface area contributed by atoms with Gasteiger partial charge in [0.15, 0.2) is 0 Å². The number of rotatable bonds is 5. The van der Waals surface area contributed by atoms with Crippen LogP contribution < -0.4 is 5.32 Å². The van der Waals surface area contributed by atoms with Gasteiger partial charge in [0.1, 0.15) is 0 Å². The zero-order valence-electron chi connectivity index (χ0n) is 14.1. The third kappa shape index (κ3) is 3.59. The van der Waals surface area contributed by atoms with Gasteiger partial charge in [-0.05, 0) is 42.5 Å². The molecule has 0 saturated heterocycles. The number of hydrogen-bond acceptors (Lipinski definition) is 2. The van der Waals surface area contributed by atoms with Crippen molar-refractivity contribution in [1.29, 1.82) is 0 Å². The number of aromatic amines is 1. The highest BCUT2D eigenvalue weighted by atomic mass is 32.2. The molecule has 3 aromatic rings. The first-order valence-electron chi connectivity index (χ1n) is 8.87. The van der Waals surface area contributed by atoms with Crippen LogP contribution in [-0.2, 0) is 11.2 Å². The van der Waals surface area contributed by atoms with Crippen LogP contribution in [0.15, 0.2) is 59.6 Å². The SMILES string of the molecule is O=C(CCCc1c[nH]c2ccccc12)N[C@H]1CCSc2ccccc21. The molecule has 2 aromatic carbocycles. The van der Waals surface area contributed by atoms with Crippen LogP contribution >= 0.6 is 11.8 Å². The van der Waals surface area contributed by atoms with Gasteiger partial charge in [0.2, 0.25) is 5.91 Å². The molecule has 4 heteroatoms. The number of fused-ring (bicyclic) bond motifs is 2. The molecule has 0 radical (unpaired) electrons. The lowest BCUT2D eigenvalue weighted by Crippen LogP contribution is -2.30. The molecule has 4 rings (SSSR count). The van der Waals surface area contributed by atoms with Gasteiger partial charge in [-0.25, -0.2) is 0 Å². The highest BCUT2D eigenvalue weighted by Gasteiger charge is 2.21. The van der Waals surface area contributed by atoms with Crippen molar-refractivity contribution in [3.05, 3.63) is 65.9 Å². The number of aryl methyl sites for hydroxylation is 1. The minimum absolute atomic E-state index is 0.159. The normalized spacial score (nSPS) is 16.6. The Bertz CT molecular complexity index is 886. The summed E-state index contributed by atoms with van der Waals surface area (Å²) in [6.45, 7) is 0. The van der Waals surface area contributed by atoms with Gasteiger partial charge in [0.05, 0.1) is 6.04 Å². The van der Waals surface area contributed by atoms with E-state index in [-0.39, 0.29) is 11.9 Å². The van der Waals surface area contributed by atoms with E-state index in [0.717, 1.165) is 25.0 Å². The number of para-hydroxylation sites is 1. The number of carbonyl (C=O) groups is 1. The number of amides is 1. The van der Waals surface area contributed by atoms with E-state index in [2.05, 4.69) is 59.0 Å². The standard InChI is InChI=1S/C21H22N2OS/c24-21(23-19-12-13-25-20-10-4-2-8-17(19)20)11-5-6-15-14-22-18-9-3-1-7-16(15)18/h1-4,7-10,14,19,22H,5-6,11-13H2,(H,23,24)/t19-/m0/s1. The first kappa shape index (κ1) is 16.3. The van der Waals surface area contributed by atoms with Crippen molar-refractivity contribution in [1.82, 2.24) is 10.3 Å². The maximum Gasteiger partial charge on any atom is 0.220 e. The zero-order valence-corrected chi connectivity index (χ0v) is 14.9. The molecule has 25 heavy (non-hydrogen) atoms. The zero-order chi connectivity index (χ0) is 17.1.